The number of allylic oxidation sites excluding steroid dienone is 1. The van der Waals surface area contributed by atoms with Crippen LogP contribution < -0.4 is 5.32 Å². The predicted octanol–water partition coefficient (Wildman–Crippen LogP) is 6.14. The Morgan fingerprint density at radius 2 is 2.00 bits per heavy atom. The lowest BCUT2D eigenvalue weighted by molar-refractivity contribution is -0.121. The van der Waals surface area contributed by atoms with Gasteiger partial charge in [0.25, 0.3) is 0 Å². The molecule has 1 aliphatic rings. The largest absolute Gasteiger partial charge is 0.356 e. The molecule has 0 saturated heterocycles. The van der Waals surface area contributed by atoms with Crippen LogP contribution >= 0.6 is 11.6 Å². The molecule has 156 valence electrons. The van der Waals surface area contributed by atoms with E-state index in [1.807, 2.05) is 41.1 Å². The molecule has 1 N–H and O–H groups in total. The van der Waals surface area contributed by atoms with Crippen LogP contribution in [0.3, 0.4) is 0 Å². The summed E-state index contributed by atoms with van der Waals surface area (Å²) in [6.45, 7) is 1.44. The number of halogens is 1. The van der Waals surface area contributed by atoms with Crippen molar-refractivity contribution in [1.29, 1.82) is 0 Å². The van der Waals surface area contributed by atoms with Crippen molar-refractivity contribution in [1.82, 2.24) is 15.1 Å². The van der Waals surface area contributed by atoms with Crippen LogP contribution in [0, 0.1) is 0 Å². The second kappa shape index (κ2) is 9.94. The first kappa shape index (κ1) is 20.7. The fraction of sp³-hybridized carbons (Fsp3) is 0.360. The number of hydrogen-bond donors (Lipinski definition) is 1. The van der Waals surface area contributed by atoms with Crippen LogP contribution in [-0.2, 0) is 11.3 Å². The molecule has 30 heavy (non-hydrogen) atoms. The first-order valence-corrected chi connectivity index (χ1v) is 11.2. The van der Waals surface area contributed by atoms with Crippen molar-refractivity contribution in [2.45, 2.75) is 51.5 Å². The van der Waals surface area contributed by atoms with Crippen LogP contribution in [-0.4, -0.2) is 22.2 Å². The highest BCUT2D eigenvalue weighted by Crippen LogP contribution is 2.30. The van der Waals surface area contributed by atoms with Gasteiger partial charge in [-0.15, -0.1) is 0 Å². The standard InChI is InChI=1S/C25H28ClN3O/c26-21-13-14-23-22(18-21)25(20-10-5-2-6-11-20)28-29(23)17-7-12-24(30)27-16-15-19-8-3-1-4-9-19/h2,5-6,8,10-11,13-14,18H,1,3-4,7,9,12,15-17H2,(H,27,30). The summed E-state index contributed by atoms with van der Waals surface area (Å²) in [7, 11) is 0. The van der Waals surface area contributed by atoms with Crippen molar-refractivity contribution in [3.05, 3.63) is 65.2 Å². The summed E-state index contributed by atoms with van der Waals surface area (Å²) in [5.74, 6) is 0.120. The van der Waals surface area contributed by atoms with Crippen LogP contribution in [0.15, 0.2) is 60.2 Å². The maximum atomic E-state index is 12.2. The van der Waals surface area contributed by atoms with Crippen molar-refractivity contribution < 1.29 is 4.79 Å². The molecule has 0 unspecified atom stereocenters. The number of aryl methyl sites for hydroxylation is 1. The van der Waals surface area contributed by atoms with Gasteiger partial charge >= 0.3 is 0 Å². The van der Waals surface area contributed by atoms with Gasteiger partial charge in [-0.25, -0.2) is 0 Å². The van der Waals surface area contributed by atoms with E-state index in [2.05, 4.69) is 23.5 Å². The van der Waals surface area contributed by atoms with E-state index < -0.39 is 0 Å². The molecule has 1 amide bonds. The molecule has 0 spiro atoms. The molecule has 0 fully saturated rings. The molecule has 0 saturated carbocycles. The topological polar surface area (TPSA) is 46.9 Å². The molecule has 2 aromatic carbocycles. The van der Waals surface area contributed by atoms with Gasteiger partial charge in [-0.3, -0.25) is 9.48 Å². The number of aromatic nitrogens is 2. The molecule has 1 heterocycles. The first-order chi connectivity index (χ1) is 14.7. The number of fused-ring (bicyclic) bond motifs is 1. The summed E-state index contributed by atoms with van der Waals surface area (Å²) in [6.07, 6.45) is 9.56. The minimum atomic E-state index is 0.120. The SMILES string of the molecule is O=C(CCCn1nc(-c2ccccc2)c2cc(Cl)ccc21)NCCC1=CCCCC1. The summed E-state index contributed by atoms with van der Waals surface area (Å²) in [5.41, 5.74) is 4.54. The Morgan fingerprint density at radius 3 is 2.80 bits per heavy atom. The molecule has 5 heteroatoms. The Morgan fingerprint density at radius 1 is 1.13 bits per heavy atom. The van der Waals surface area contributed by atoms with E-state index in [0.29, 0.717) is 18.0 Å². The number of nitrogens with zero attached hydrogens (tertiary/aromatic N) is 2. The second-order valence-corrected chi connectivity index (χ2v) is 8.35. The number of carbonyl (C=O) groups excluding carboxylic acids is 1. The number of benzene rings is 2. The van der Waals surface area contributed by atoms with Crippen molar-refractivity contribution >= 4 is 28.4 Å². The average molecular weight is 422 g/mol. The van der Waals surface area contributed by atoms with E-state index in [9.17, 15) is 4.79 Å². The number of carbonyl (C=O) groups is 1. The zero-order valence-electron chi connectivity index (χ0n) is 17.2. The molecule has 4 rings (SSSR count). The first-order valence-electron chi connectivity index (χ1n) is 10.9. The Bertz CT molecular complexity index is 1040. The van der Waals surface area contributed by atoms with E-state index in [4.69, 9.17) is 16.7 Å². The van der Waals surface area contributed by atoms with Gasteiger partial charge in [0.15, 0.2) is 0 Å². The van der Waals surface area contributed by atoms with E-state index in [1.54, 1.807) is 0 Å². The molecule has 0 radical (unpaired) electrons. The monoisotopic (exact) mass is 421 g/mol. The molecular formula is C25H28ClN3O. The highest BCUT2D eigenvalue weighted by atomic mass is 35.5. The average Bonchev–Trinajstić information content (AvgIpc) is 3.13. The molecule has 0 bridgehead atoms. The van der Waals surface area contributed by atoms with Gasteiger partial charge in [-0.2, -0.15) is 5.10 Å². The summed E-state index contributed by atoms with van der Waals surface area (Å²) in [5, 5.41) is 9.65. The Balaban J connectivity index is 1.36. The zero-order valence-corrected chi connectivity index (χ0v) is 18.0. The molecular weight excluding hydrogens is 394 g/mol. The lowest BCUT2D eigenvalue weighted by Gasteiger charge is -2.13. The van der Waals surface area contributed by atoms with Crippen molar-refractivity contribution in [3.8, 4) is 11.3 Å². The van der Waals surface area contributed by atoms with E-state index >= 15 is 0 Å². The lowest BCUT2D eigenvalue weighted by Crippen LogP contribution is -2.25. The predicted molar refractivity (Wildman–Crippen MR) is 124 cm³/mol. The molecule has 1 aromatic heterocycles. The lowest BCUT2D eigenvalue weighted by atomic mass is 9.97. The quantitative estimate of drug-likeness (QED) is 0.444. The van der Waals surface area contributed by atoms with Crippen LogP contribution in [0.25, 0.3) is 22.2 Å². The van der Waals surface area contributed by atoms with Crippen LogP contribution in [0.2, 0.25) is 5.02 Å². The summed E-state index contributed by atoms with van der Waals surface area (Å²) < 4.78 is 1.99. The minimum absolute atomic E-state index is 0.120. The second-order valence-electron chi connectivity index (χ2n) is 7.91. The van der Waals surface area contributed by atoms with Gasteiger partial charge in [-0.1, -0.05) is 53.6 Å². The van der Waals surface area contributed by atoms with E-state index in [-0.39, 0.29) is 5.91 Å². The van der Waals surface area contributed by atoms with Gasteiger partial charge in [0.05, 0.1) is 5.52 Å². The minimum Gasteiger partial charge on any atom is -0.356 e. The molecule has 3 aromatic rings. The van der Waals surface area contributed by atoms with Gasteiger partial charge < -0.3 is 5.32 Å². The molecule has 0 atom stereocenters. The van der Waals surface area contributed by atoms with Gasteiger partial charge in [0, 0.05) is 35.5 Å². The van der Waals surface area contributed by atoms with Crippen molar-refractivity contribution in [2.75, 3.05) is 6.54 Å². The van der Waals surface area contributed by atoms with Crippen molar-refractivity contribution in [2.24, 2.45) is 0 Å². The molecule has 4 nitrogen and oxygen atoms in total. The fourth-order valence-electron chi connectivity index (χ4n) is 4.10. The number of rotatable bonds is 8. The highest BCUT2D eigenvalue weighted by molar-refractivity contribution is 6.31. The fourth-order valence-corrected chi connectivity index (χ4v) is 4.28. The third kappa shape index (κ3) is 5.11. The maximum absolute atomic E-state index is 12.2. The normalized spacial score (nSPS) is 14.0. The highest BCUT2D eigenvalue weighted by Gasteiger charge is 2.13. The Labute approximate surface area is 182 Å². The molecule has 0 aliphatic heterocycles. The van der Waals surface area contributed by atoms with E-state index in [0.717, 1.165) is 41.5 Å². The third-order valence-electron chi connectivity index (χ3n) is 5.69. The number of amides is 1. The molecule has 1 aliphatic carbocycles. The van der Waals surface area contributed by atoms with Crippen LogP contribution in [0.4, 0.5) is 0 Å². The number of hydrogen-bond acceptors (Lipinski definition) is 2. The summed E-state index contributed by atoms with van der Waals surface area (Å²) >= 11 is 6.24. The third-order valence-corrected chi connectivity index (χ3v) is 5.92. The number of nitrogens with one attached hydrogen (secondary N) is 1. The summed E-state index contributed by atoms with van der Waals surface area (Å²) in [4.78, 5) is 12.2. The van der Waals surface area contributed by atoms with Crippen LogP contribution in [0.5, 0.6) is 0 Å². The zero-order chi connectivity index (χ0) is 20.8. The van der Waals surface area contributed by atoms with Gasteiger partial charge in [0.1, 0.15) is 5.69 Å². The van der Waals surface area contributed by atoms with Crippen molar-refractivity contribution in [3.63, 3.8) is 0 Å². The Hall–Kier alpha value is -2.59. The van der Waals surface area contributed by atoms with Gasteiger partial charge in [-0.05, 0) is 56.7 Å². The van der Waals surface area contributed by atoms with Crippen LogP contribution in [0.1, 0.15) is 44.9 Å². The van der Waals surface area contributed by atoms with E-state index in [1.165, 1.54) is 31.3 Å². The Kier molecular flexibility index (Phi) is 6.85. The van der Waals surface area contributed by atoms with Gasteiger partial charge in [0.2, 0.25) is 5.91 Å². The summed E-state index contributed by atoms with van der Waals surface area (Å²) in [6, 6.07) is 16.0. The maximum Gasteiger partial charge on any atom is 0.220 e. The smallest absolute Gasteiger partial charge is 0.220 e.